The number of carbonyl (C=O) groups is 1. The number of pyridine rings is 1. The third-order valence-corrected chi connectivity index (χ3v) is 10.0. The molecule has 0 aliphatic rings. The molecule has 28 heavy (non-hydrogen) atoms. The average molecular weight is 430 g/mol. The summed E-state index contributed by atoms with van der Waals surface area (Å²) in [7, 11) is -2.49. The first-order chi connectivity index (χ1) is 13.1. The number of aromatic nitrogens is 2. The zero-order chi connectivity index (χ0) is 20.9. The second-order valence-electron chi connectivity index (χ2n) is 6.18. The molecule has 2 rings (SSSR count). The molecule has 0 bridgehead atoms. The van der Waals surface area contributed by atoms with Gasteiger partial charge in [0.2, 0.25) is 5.91 Å². The molecule has 152 valence electrons. The maximum absolute atomic E-state index is 13.1. The van der Waals surface area contributed by atoms with Gasteiger partial charge >= 0.3 is 6.18 Å². The topological polar surface area (TPSA) is 54.9 Å². The first-order valence-corrected chi connectivity index (χ1v) is 11.3. The lowest BCUT2D eigenvalue weighted by atomic mass is 10.3. The van der Waals surface area contributed by atoms with Crippen LogP contribution < -0.4 is 4.72 Å². The van der Waals surface area contributed by atoms with Crippen molar-refractivity contribution >= 4 is 27.5 Å². The zero-order valence-electron chi connectivity index (χ0n) is 15.8. The van der Waals surface area contributed by atoms with Crippen LogP contribution in [0, 0.1) is 19.3 Å². The Morgan fingerprint density at radius 3 is 2.71 bits per heavy atom. The van der Waals surface area contributed by atoms with E-state index in [1.54, 1.807) is 39.2 Å². The standard InChI is InChI=1S/C19H22F3N3OS2/c1-5-13(3)28(25-16(26)6-2,11-9-19(20,21)22)18-14(4)24-17(27-18)15-8-7-10-23-12-15/h1,7-8,10,12-13H,6,9,11H2,2-4H3,(H,25,26). The van der Waals surface area contributed by atoms with E-state index in [9.17, 15) is 18.0 Å². The van der Waals surface area contributed by atoms with E-state index >= 15 is 0 Å². The molecule has 0 aromatic carbocycles. The molecule has 2 aromatic heterocycles. The summed E-state index contributed by atoms with van der Waals surface area (Å²) in [4.78, 5) is 20.9. The molecular weight excluding hydrogens is 407 g/mol. The highest BCUT2D eigenvalue weighted by molar-refractivity contribution is 8.34. The van der Waals surface area contributed by atoms with E-state index in [2.05, 4.69) is 20.6 Å². The predicted octanol–water partition coefficient (Wildman–Crippen LogP) is 5.09. The van der Waals surface area contributed by atoms with Gasteiger partial charge in [-0.2, -0.15) is 13.2 Å². The van der Waals surface area contributed by atoms with Gasteiger partial charge in [-0.05, 0) is 26.0 Å². The van der Waals surface area contributed by atoms with E-state index in [1.807, 2.05) is 6.07 Å². The third-order valence-electron chi connectivity index (χ3n) is 4.16. The quantitative estimate of drug-likeness (QED) is 0.624. The van der Waals surface area contributed by atoms with Crippen molar-refractivity contribution in [1.82, 2.24) is 14.7 Å². The molecule has 0 radical (unpaired) electrons. The largest absolute Gasteiger partial charge is 0.389 e. The molecule has 0 aliphatic carbocycles. The van der Waals surface area contributed by atoms with Crippen molar-refractivity contribution in [2.45, 2.75) is 49.2 Å². The van der Waals surface area contributed by atoms with Crippen molar-refractivity contribution in [2.24, 2.45) is 0 Å². The summed E-state index contributed by atoms with van der Waals surface area (Å²) in [5.41, 5.74) is 1.35. The van der Waals surface area contributed by atoms with Crippen LogP contribution in [0.25, 0.3) is 10.6 Å². The smallest absolute Gasteiger partial charge is 0.312 e. The minimum Gasteiger partial charge on any atom is -0.312 e. The van der Waals surface area contributed by atoms with Gasteiger partial charge < -0.3 is 4.72 Å². The highest BCUT2D eigenvalue weighted by atomic mass is 32.3. The van der Waals surface area contributed by atoms with E-state index in [4.69, 9.17) is 6.42 Å². The highest BCUT2D eigenvalue weighted by Gasteiger charge is 2.40. The average Bonchev–Trinajstić information content (AvgIpc) is 3.06. The van der Waals surface area contributed by atoms with Crippen LogP contribution in [-0.2, 0) is 4.79 Å². The molecule has 2 aromatic rings. The fraction of sp³-hybridized carbons (Fsp3) is 0.421. The van der Waals surface area contributed by atoms with Gasteiger partial charge in [-0.3, -0.25) is 9.78 Å². The van der Waals surface area contributed by atoms with E-state index in [-0.39, 0.29) is 18.1 Å². The van der Waals surface area contributed by atoms with E-state index in [1.165, 1.54) is 11.3 Å². The first-order valence-electron chi connectivity index (χ1n) is 8.64. The van der Waals surface area contributed by atoms with Crippen LogP contribution in [0.5, 0.6) is 0 Å². The van der Waals surface area contributed by atoms with Crippen molar-refractivity contribution in [3.8, 4) is 22.9 Å². The van der Waals surface area contributed by atoms with E-state index in [0.29, 0.717) is 14.9 Å². The molecule has 4 nitrogen and oxygen atoms in total. The number of amides is 1. The Balaban J connectivity index is 2.61. The van der Waals surface area contributed by atoms with Gasteiger partial charge in [-0.15, -0.1) is 28.0 Å². The number of alkyl halides is 3. The molecule has 9 heteroatoms. The van der Waals surface area contributed by atoms with Crippen LogP contribution in [0.2, 0.25) is 0 Å². The molecule has 2 atom stereocenters. The molecular formula is C19H22F3N3OS2. The Kier molecular flexibility index (Phi) is 7.12. The SMILES string of the molecule is C#CC(C)S(CCC(F)(F)F)(NC(=O)CC)c1sc(-c2cccnc2)nc1C. The van der Waals surface area contributed by atoms with E-state index < -0.39 is 28.1 Å². The van der Waals surface area contributed by atoms with Gasteiger partial charge in [0.25, 0.3) is 0 Å². The number of terminal acetylenes is 1. The van der Waals surface area contributed by atoms with Gasteiger partial charge in [0.05, 0.1) is 21.6 Å². The molecule has 2 unspecified atom stereocenters. The van der Waals surface area contributed by atoms with E-state index in [0.717, 1.165) is 5.56 Å². The molecule has 0 saturated carbocycles. The summed E-state index contributed by atoms with van der Waals surface area (Å²) in [6.45, 7) is 5.08. The lowest BCUT2D eigenvalue weighted by Crippen LogP contribution is -2.36. The maximum Gasteiger partial charge on any atom is 0.389 e. The van der Waals surface area contributed by atoms with Crippen LogP contribution >= 0.6 is 21.6 Å². The van der Waals surface area contributed by atoms with Crippen LogP contribution in [0.4, 0.5) is 13.2 Å². The highest BCUT2D eigenvalue weighted by Crippen LogP contribution is 2.61. The number of nitrogens with one attached hydrogen (secondary N) is 1. The minimum absolute atomic E-state index is 0.158. The van der Waals surface area contributed by atoms with Crippen molar-refractivity contribution < 1.29 is 18.0 Å². The number of carbonyl (C=O) groups excluding carboxylic acids is 1. The molecule has 0 saturated heterocycles. The fourth-order valence-corrected chi connectivity index (χ4v) is 8.19. The Bertz CT molecular complexity index is 862. The molecule has 0 spiro atoms. The van der Waals surface area contributed by atoms with Crippen LogP contribution in [0.3, 0.4) is 0 Å². The second-order valence-corrected chi connectivity index (χ2v) is 10.8. The normalized spacial score (nSPS) is 15.9. The number of halogens is 3. The summed E-state index contributed by atoms with van der Waals surface area (Å²) >= 11 is 1.27. The van der Waals surface area contributed by atoms with Crippen LogP contribution in [0.15, 0.2) is 28.7 Å². The Morgan fingerprint density at radius 1 is 1.46 bits per heavy atom. The lowest BCUT2D eigenvalue weighted by molar-refractivity contribution is -0.130. The van der Waals surface area contributed by atoms with Crippen LogP contribution in [0.1, 0.15) is 32.4 Å². The third kappa shape index (κ3) is 5.06. The van der Waals surface area contributed by atoms with Crippen molar-refractivity contribution in [1.29, 1.82) is 0 Å². The first kappa shape index (κ1) is 22.2. The zero-order valence-corrected chi connectivity index (χ0v) is 17.5. The number of thiazole rings is 1. The summed E-state index contributed by atoms with van der Waals surface area (Å²) in [5.74, 6) is 1.97. The minimum atomic E-state index is -4.35. The second kappa shape index (κ2) is 8.97. The fourth-order valence-electron chi connectivity index (χ4n) is 2.62. The van der Waals surface area contributed by atoms with Gasteiger partial charge in [0.15, 0.2) is 0 Å². The molecule has 0 aliphatic heterocycles. The Hall–Kier alpha value is -2.05. The molecule has 2 heterocycles. The summed E-state index contributed by atoms with van der Waals surface area (Å²) in [6, 6.07) is 3.59. The lowest BCUT2D eigenvalue weighted by Gasteiger charge is -2.43. The summed E-state index contributed by atoms with van der Waals surface area (Å²) in [6.07, 6.45) is 3.68. The number of aryl methyl sites for hydroxylation is 1. The molecule has 0 fully saturated rings. The number of hydrogen-bond acceptors (Lipinski definition) is 4. The van der Waals surface area contributed by atoms with Gasteiger partial charge in [0, 0.05) is 30.1 Å². The monoisotopic (exact) mass is 429 g/mol. The van der Waals surface area contributed by atoms with Crippen molar-refractivity contribution in [2.75, 3.05) is 5.75 Å². The molecule has 1 amide bonds. The Labute approximate surface area is 168 Å². The summed E-state index contributed by atoms with van der Waals surface area (Å²) in [5, 5.41) is 0.0608. The number of rotatable bonds is 7. The number of nitrogens with zero attached hydrogens (tertiary/aromatic N) is 2. The Morgan fingerprint density at radius 2 is 2.18 bits per heavy atom. The van der Waals surface area contributed by atoms with Gasteiger partial charge in [-0.1, -0.05) is 12.8 Å². The van der Waals surface area contributed by atoms with Crippen LogP contribution in [-0.4, -0.2) is 33.1 Å². The van der Waals surface area contributed by atoms with Gasteiger partial charge in [-0.25, -0.2) is 4.98 Å². The predicted molar refractivity (Wildman–Crippen MR) is 108 cm³/mol. The maximum atomic E-state index is 13.1. The summed E-state index contributed by atoms with van der Waals surface area (Å²) < 4.78 is 42.8. The number of hydrogen-bond donors (Lipinski definition) is 1. The van der Waals surface area contributed by atoms with Crippen molar-refractivity contribution in [3.05, 3.63) is 30.2 Å². The van der Waals surface area contributed by atoms with Gasteiger partial charge in [0.1, 0.15) is 5.01 Å². The molecule has 1 N–H and O–H groups in total. The van der Waals surface area contributed by atoms with Crippen molar-refractivity contribution in [3.63, 3.8) is 0 Å².